The van der Waals surface area contributed by atoms with Gasteiger partial charge < -0.3 is 10.1 Å². The summed E-state index contributed by atoms with van der Waals surface area (Å²) >= 11 is 5.25. The summed E-state index contributed by atoms with van der Waals surface area (Å²) in [4.78, 5) is 1.37. The van der Waals surface area contributed by atoms with E-state index in [2.05, 4.69) is 32.7 Å². The number of ether oxygens (including phenoxy) is 1. The molecular weight excluding hydrogens is 310 g/mol. The van der Waals surface area contributed by atoms with Crippen molar-refractivity contribution in [3.8, 4) is 0 Å². The van der Waals surface area contributed by atoms with Gasteiger partial charge in [0.25, 0.3) is 0 Å². The number of hydrogen-bond acceptors (Lipinski definition) is 3. The van der Waals surface area contributed by atoms with E-state index >= 15 is 0 Å². The highest BCUT2D eigenvalue weighted by Crippen LogP contribution is 2.23. The SMILES string of the molecule is Brc1csc(CNCCOCC2CCCCC2)c1. The Hall–Kier alpha value is 0.1000. The minimum atomic E-state index is 0.826. The molecule has 102 valence electrons. The third-order valence-electron chi connectivity index (χ3n) is 3.42. The number of thiophene rings is 1. The van der Waals surface area contributed by atoms with Crippen molar-refractivity contribution in [1.29, 1.82) is 0 Å². The molecule has 1 heterocycles. The van der Waals surface area contributed by atoms with Crippen LogP contribution in [0.15, 0.2) is 15.9 Å². The van der Waals surface area contributed by atoms with Crippen molar-refractivity contribution in [2.24, 2.45) is 5.92 Å². The van der Waals surface area contributed by atoms with Crippen molar-refractivity contribution >= 4 is 27.3 Å². The maximum Gasteiger partial charge on any atom is 0.0591 e. The van der Waals surface area contributed by atoms with E-state index in [4.69, 9.17) is 4.74 Å². The van der Waals surface area contributed by atoms with E-state index in [-0.39, 0.29) is 0 Å². The predicted octanol–water partition coefficient (Wildman–Crippen LogP) is 4.20. The molecular formula is C14H22BrNOS. The first-order valence-corrected chi connectivity index (χ1v) is 8.53. The van der Waals surface area contributed by atoms with E-state index in [0.717, 1.165) is 32.2 Å². The Balaban J connectivity index is 1.46. The van der Waals surface area contributed by atoms with Crippen LogP contribution in [0.25, 0.3) is 0 Å². The molecule has 1 saturated carbocycles. The van der Waals surface area contributed by atoms with E-state index in [1.165, 1.54) is 41.5 Å². The minimum absolute atomic E-state index is 0.826. The van der Waals surface area contributed by atoms with Crippen molar-refractivity contribution in [3.63, 3.8) is 0 Å². The zero-order valence-electron chi connectivity index (χ0n) is 10.8. The van der Waals surface area contributed by atoms with E-state index in [1.54, 1.807) is 11.3 Å². The number of nitrogens with one attached hydrogen (secondary N) is 1. The van der Waals surface area contributed by atoms with Crippen molar-refractivity contribution in [2.75, 3.05) is 19.8 Å². The Morgan fingerprint density at radius 3 is 2.89 bits per heavy atom. The largest absolute Gasteiger partial charge is 0.380 e. The fourth-order valence-electron chi connectivity index (χ4n) is 2.41. The molecule has 0 bridgehead atoms. The Labute approximate surface area is 122 Å². The third kappa shape index (κ3) is 5.39. The molecule has 18 heavy (non-hydrogen) atoms. The first-order valence-electron chi connectivity index (χ1n) is 6.86. The highest BCUT2D eigenvalue weighted by molar-refractivity contribution is 9.10. The van der Waals surface area contributed by atoms with Crippen molar-refractivity contribution in [1.82, 2.24) is 5.32 Å². The third-order valence-corrected chi connectivity index (χ3v) is 5.12. The van der Waals surface area contributed by atoms with Crippen LogP contribution < -0.4 is 5.32 Å². The monoisotopic (exact) mass is 331 g/mol. The molecule has 0 radical (unpaired) electrons. The molecule has 0 unspecified atom stereocenters. The lowest BCUT2D eigenvalue weighted by molar-refractivity contribution is 0.0869. The molecule has 2 rings (SSSR count). The quantitative estimate of drug-likeness (QED) is 0.756. The lowest BCUT2D eigenvalue weighted by Gasteiger charge is -2.21. The fraction of sp³-hybridized carbons (Fsp3) is 0.714. The summed E-state index contributed by atoms with van der Waals surface area (Å²) in [6, 6.07) is 2.17. The smallest absolute Gasteiger partial charge is 0.0591 e. The molecule has 0 aliphatic heterocycles. The molecule has 2 nitrogen and oxygen atoms in total. The number of halogens is 1. The second-order valence-corrected chi connectivity index (χ2v) is 6.90. The van der Waals surface area contributed by atoms with Gasteiger partial charge in [-0.25, -0.2) is 0 Å². The average molecular weight is 332 g/mol. The van der Waals surface area contributed by atoms with Gasteiger partial charge in [-0.2, -0.15) is 0 Å². The van der Waals surface area contributed by atoms with Crippen molar-refractivity contribution in [2.45, 2.75) is 38.6 Å². The van der Waals surface area contributed by atoms with Gasteiger partial charge in [-0.1, -0.05) is 19.3 Å². The summed E-state index contributed by atoms with van der Waals surface area (Å²) in [5.74, 6) is 0.826. The van der Waals surface area contributed by atoms with Gasteiger partial charge in [0.1, 0.15) is 0 Å². The molecule has 1 fully saturated rings. The molecule has 4 heteroatoms. The average Bonchev–Trinajstić information content (AvgIpc) is 2.81. The number of hydrogen-bond donors (Lipinski definition) is 1. The van der Waals surface area contributed by atoms with Gasteiger partial charge in [0.05, 0.1) is 6.61 Å². The molecule has 1 aliphatic carbocycles. The maximum absolute atomic E-state index is 5.75. The molecule has 0 spiro atoms. The Morgan fingerprint density at radius 1 is 1.33 bits per heavy atom. The van der Waals surface area contributed by atoms with Gasteiger partial charge in [-0.15, -0.1) is 11.3 Å². The topological polar surface area (TPSA) is 21.3 Å². The molecule has 1 N–H and O–H groups in total. The highest BCUT2D eigenvalue weighted by Gasteiger charge is 2.12. The van der Waals surface area contributed by atoms with Crippen molar-refractivity contribution < 1.29 is 4.74 Å². The summed E-state index contributed by atoms with van der Waals surface area (Å²) in [6.07, 6.45) is 6.97. The fourth-order valence-corrected chi connectivity index (χ4v) is 3.83. The molecule has 0 atom stereocenters. The first-order chi connectivity index (χ1) is 8.84. The maximum atomic E-state index is 5.75. The Kier molecular flexibility index (Phi) is 6.70. The normalized spacial score (nSPS) is 17.2. The van der Waals surface area contributed by atoms with Crippen LogP contribution in [0.2, 0.25) is 0 Å². The minimum Gasteiger partial charge on any atom is -0.380 e. The highest BCUT2D eigenvalue weighted by atomic mass is 79.9. The van der Waals surface area contributed by atoms with Gasteiger partial charge in [0.2, 0.25) is 0 Å². The zero-order chi connectivity index (χ0) is 12.6. The van der Waals surface area contributed by atoms with Gasteiger partial charge in [0.15, 0.2) is 0 Å². The molecule has 0 saturated heterocycles. The second-order valence-electron chi connectivity index (χ2n) is 4.99. The summed E-state index contributed by atoms with van der Waals surface area (Å²) in [7, 11) is 0. The standard InChI is InChI=1S/C14H22BrNOS/c15-13-8-14(18-11-13)9-16-6-7-17-10-12-4-2-1-3-5-12/h8,11-12,16H,1-7,9-10H2. The molecule has 0 aromatic carbocycles. The van der Waals surface area contributed by atoms with E-state index < -0.39 is 0 Å². The van der Waals surface area contributed by atoms with E-state index in [9.17, 15) is 0 Å². The summed E-state index contributed by atoms with van der Waals surface area (Å²) in [5.41, 5.74) is 0. The zero-order valence-corrected chi connectivity index (χ0v) is 13.2. The van der Waals surface area contributed by atoms with Crippen LogP contribution in [0.4, 0.5) is 0 Å². The van der Waals surface area contributed by atoms with E-state index in [1.807, 2.05) is 0 Å². The van der Waals surface area contributed by atoms with Gasteiger partial charge in [-0.3, -0.25) is 0 Å². The number of rotatable bonds is 7. The molecule has 1 aromatic rings. The van der Waals surface area contributed by atoms with Crippen molar-refractivity contribution in [3.05, 3.63) is 20.8 Å². The van der Waals surface area contributed by atoms with Gasteiger partial charge >= 0.3 is 0 Å². The summed E-state index contributed by atoms with van der Waals surface area (Å²) < 4.78 is 6.93. The lowest BCUT2D eigenvalue weighted by Crippen LogP contribution is -2.21. The molecule has 1 aromatic heterocycles. The molecule has 1 aliphatic rings. The lowest BCUT2D eigenvalue weighted by atomic mass is 9.90. The van der Waals surface area contributed by atoms with Crippen LogP contribution in [0.5, 0.6) is 0 Å². The second kappa shape index (κ2) is 8.31. The van der Waals surface area contributed by atoms with Crippen LogP contribution in [-0.4, -0.2) is 19.8 Å². The predicted molar refractivity (Wildman–Crippen MR) is 81.1 cm³/mol. The van der Waals surface area contributed by atoms with Crippen LogP contribution in [0.3, 0.4) is 0 Å². The summed E-state index contributed by atoms with van der Waals surface area (Å²) in [5, 5.41) is 5.54. The van der Waals surface area contributed by atoms with Crippen LogP contribution in [-0.2, 0) is 11.3 Å². The van der Waals surface area contributed by atoms with Gasteiger partial charge in [0, 0.05) is 34.4 Å². The molecule has 0 amide bonds. The van der Waals surface area contributed by atoms with Crippen LogP contribution >= 0.6 is 27.3 Å². The van der Waals surface area contributed by atoms with E-state index in [0.29, 0.717) is 0 Å². The Bertz CT molecular complexity index is 336. The van der Waals surface area contributed by atoms with Gasteiger partial charge in [-0.05, 0) is 40.8 Å². The van der Waals surface area contributed by atoms with Crippen LogP contribution in [0.1, 0.15) is 37.0 Å². The summed E-state index contributed by atoms with van der Waals surface area (Å²) in [6.45, 7) is 3.70. The van der Waals surface area contributed by atoms with Crippen LogP contribution in [0, 0.1) is 5.92 Å². The Morgan fingerprint density at radius 2 is 2.17 bits per heavy atom. The first kappa shape index (κ1) is 14.5.